The van der Waals surface area contributed by atoms with Gasteiger partial charge in [0.25, 0.3) is 5.91 Å². The number of carbonyl (C=O) groups excluding carboxylic acids is 1. The summed E-state index contributed by atoms with van der Waals surface area (Å²) >= 11 is 1.65. The highest BCUT2D eigenvalue weighted by atomic mass is 32.1. The normalized spacial score (nSPS) is 22.5. The quantitative estimate of drug-likeness (QED) is 0.782. The van der Waals surface area contributed by atoms with Gasteiger partial charge in [0.2, 0.25) is 0 Å². The number of carbonyl (C=O) groups is 1. The minimum absolute atomic E-state index is 0.0286. The van der Waals surface area contributed by atoms with Crippen molar-refractivity contribution >= 4 is 22.4 Å². The fourth-order valence-corrected chi connectivity index (χ4v) is 4.89. The maximum Gasteiger partial charge on any atom is 0.254 e. The van der Waals surface area contributed by atoms with E-state index in [9.17, 15) is 4.79 Å². The first-order chi connectivity index (χ1) is 13.5. The van der Waals surface area contributed by atoms with E-state index < -0.39 is 0 Å². The number of methoxy groups -OCH3 is 1. The van der Waals surface area contributed by atoms with E-state index in [1.807, 2.05) is 36.9 Å². The van der Waals surface area contributed by atoms with Gasteiger partial charge in [0.05, 0.1) is 25.0 Å². The molecule has 2 unspecified atom stereocenters. The molecule has 0 bridgehead atoms. The van der Waals surface area contributed by atoms with Gasteiger partial charge in [-0.15, -0.1) is 11.3 Å². The molecule has 150 valence electrons. The van der Waals surface area contributed by atoms with Gasteiger partial charge in [-0.05, 0) is 44.9 Å². The first-order valence-corrected chi connectivity index (χ1v) is 10.8. The number of rotatable bonds is 4. The molecule has 0 spiro atoms. The lowest BCUT2D eigenvalue weighted by atomic mass is 10.1. The molecule has 2 aliphatic heterocycles. The van der Waals surface area contributed by atoms with Crippen LogP contribution in [0.25, 0.3) is 11.3 Å². The summed E-state index contributed by atoms with van der Waals surface area (Å²) in [6.07, 6.45) is 2.54. The average molecular weight is 402 g/mol. The van der Waals surface area contributed by atoms with E-state index >= 15 is 0 Å². The Balaban J connectivity index is 1.62. The van der Waals surface area contributed by atoms with Gasteiger partial charge in [-0.25, -0.2) is 4.98 Å². The largest absolute Gasteiger partial charge is 0.496 e. The van der Waals surface area contributed by atoms with Crippen LogP contribution < -0.4 is 9.64 Å². The van der Waals surface area contributed by atoms with Crippen LogP contribution in [0.1, 0.15) is 37.0 Å². The Labute approximate surface area is 170 Å². The first kappa shape index (κ1) is 19.2. The van der Waals surface area contributed by atoms with Gasteiger partial charge in [-0.1, -0.05) is 0 Å². The summed E-state index contributed by atoms with van der Waals surface area (Å²) in [6, 6.07) is 5.61. The fraction of sp³-hybridized carbons (Fsp3) is 0.524. The number of nitrogens with zero attached hydrogens (tertiary/aromatic N) is 3. The van der Waals surface area contributed by atoms with Crippen molar-refractivity contribution < 1.29 is 14.3 Å². The average Bonchev–Trinajstić information content (AvgIpc) is 3.37. The minimum atomic E-state index is 0.0286. The van der Waals surface area contributed by atoms with Crippen molar-refractivity contribution in [3.05, 3.63) is 29.1 Å². The standard InChI is InChI=1S/C21H27N3O3S/c1-14-11-24(12-15(2)27-14)20(25)16-6-7-19(26-3)17(10-16)18-13-28-21(22-18)23-8-4-5-9-23/h6-7,10,13-15H,4-5,8-9,11-12H2,1-3H3. The van der Waals surface area contributed by atoms with E-state index in [0.717, 1.165) is 35.2 Å². The van der Waals surface area contributed by atoms with Crippen LogP contribution in [0.15, 0.2) is 23.6 Å². The zero-order valence-corrected chi connectivity index (χ0v) is 17.5. The summed E-state index contributed by atoms with van der Waals surface area (Å²) in [6.45, 7) is 7.36. The molecule has 28 heavy (non-hydrogen) atoms. The van der Waals surface area contributed by atoms with E-state index in [1.165, 1.54) is 12.8 Å². The Morgan fingerprint density at radius 1 is 1.21 bits per heavy atom. The summed E-state index contributed by atoms with van der Waals surface area (Å²) in [5.41, 5.74) is 2.39. The highest BCUT2D eigenvalue weighted by Gasteiger charge is 2.27. The summed E-state index contributed by atoms with van der Waals surface area (Å²) in [4.78, 5) is 22.1. The molecule has 2 aliphatic rings. The first-order valence-electron chi connectivity index (χ1n) is 9.88. The highest BCUT2D eigenvalue weighted by Crippen LogP contribution is 2.35. The van der Waals surface area contributed by atoms with Crippen molar-refractivity contribution in [3.8, 4) is 17.0 Å². The molecule has 2 aromatic rings. The van der Waals surface area contributed by atoms with E-state index in [1.54, 1.807) is 18.4 Å². The molecule has 3 heterocycles. The summed E-state index contributed by atoms with van der Waals surface area (Å²) in [5.74, 6) is 0.763. The molecular weight excluding hydrogens is 374 g/mol. The molecular formula is C21H27N3O3S. The summed E-state index contributed by atoms with van der Waals surface area (Å²) < 4.78 is 11.3. The smallest absolute Gasteiger partial charge is 0.254 e. The van der Waals surface area contributed by atoms with Crippen LogP contribution in [-0.4, -0.2) is 61.3 Å². The Kier molecular flexibility index (Phi) is 5.55. The van der Waals surface area contributed by atoms with Crippen LogP contribution in [0.5, 0.6) is 5.75 Å². The molecule has 1 aromatic carbocycles. The third-order valence-electron chi connectivity index (χ3n) is 5.30. The highest BCUT2D eigenvalue weighted by molar-refractivity contribution is 7.14. The van der Waals surface area contributed by atoms with Crippen LogP contribution in [0.2, 0.25) is 0 Å². The number of thiazole rings is 1. The predicted molar refractivity (Wildman–Crippen MR) is 111 cm³/mol. The Hall–Kier alpha value is -2.12. The zero-order valence-electron chi connectivity index (χ0n) is 16.7. The summed E-state index contributed by atoms with van der Waals surface area (Å²) in [7, 11) is 1.65. The van der Waals surface area contributed by atoms with Gasteiger partial charge >= 0.3 is 0 Å². The van der Waals surface area contributed by atoms with Crippen LogP contribution in [-0.2, 0) is 4.74 Å². The third kappa shape index (κ3) is 3.86. The predicted octanol–water partition coefficient (Wildman–Crippen LogP) is 3.67. The van der Waals surface area contributed by atoms with E-state index in [2.05, 4.69) is 10.3 Å². The molecule has 0 N–H and O–H groups in total. The van der Waals surface area contributed by atoms with Gasteiger partial charge in [-0.2, -0.15) is 0 Å². The van der Waals surface area contributed by atoms with E-state index in [-0.39, 0.29) is 18.1 Å². The second-order valence-electron chi connectivity index (χ2n) is 7.59. The Morgan fingerprint density at radius 2 is 1.93 bits per heavy atom. The number of anilines is 1. The Morgan fingerprint density at radius 3 is 2.61 bits per heavy atom. The lowest BCUT2D eigenvalue weighted by Crippen LogP contribution is -2.48. The van der Waals surface area contributed by atoms with Crippen LogP contribution in [0, 0.1) is 0 Å². The third-order valence-corrected chi connectivity index (χ3v) is 6.20. The molecule has 7 heteroatoms. The van der Waals surface area contributed by atoms with Gasteiger partial charge in [0, 0.05) is 42.7 Å². The monoisotopic (exact) mass is 401 g/mol. The fourth-order valence-electron chi connectivity index (χ4n) is 4.01. The Bertz CT molecular complexity index is 837. The molecule has 6 nitrogen and oxygen atoms in total. The molecule has 4 rings (SSSR count). The number of ether oxygens (including phenoxy) is 2. The van der Waals surface area contributed by atoms with Crippen molar-refractivity contribution in [2.24, 2.45) is 0 Å². The van der Waals surface area contributed by atoms with Crippen molar-refractivity contribution in [2.75, 3.05) is 38.2 Å². The molecule has 0 aliphatic carbocycles. The van der Waals surface area contributed by atoms with Crippen LogP contribution >= 0.6 is 11.3 Å². The molecule has 2 fully saturated rings. The summed E-state index contributed by atoms with van der Waals surface area (Å²) in [5, 5.41) is 3.10. The molecule has 1 amide bonds. The number of benzene rings is 1. The molecule has 1 aromatic heterocycles. The zero-order chi connectivity index (χ0) is 19.7. The maximum atomic E-state index is 13.1. The lowest BCUT2D eigenvalue weighted by Gasteiger charge is -2.35. The number of amides is 1. The van der Waals surface area contributed by atoms with Crippen molar-refractivity contribution in [1.82, 2.24) is 9.88 Å². The van der Waals surface area contributed by atoms with Gasteiger partial charge in [0.1, 0.15) is 5.75 Å². The SMILES string of the molecule is COc1ccc(C(=O)N2CC(C)OC(C)C2)cc1-c1csc(N2CCCC2)n1. The number of morpholine rings is 1. The van der Waals surface area contributed by atoms with Crippen molar-refractivity contribution in [2.45, 2.75) is 38.9 Å². The molecule has 2 saturated heterocycles. The van der Waals surface area contributed by atoms with E-state index in [4.69, 9.17) is 14.5 Å². The van der Waals surface area contributed by atoms with Crippen LogP contribution in [0.3, 0.4) is 0 Å². The maximum absolute atomic E-state index is 13.1. The minimum Gasteiger partial charge on any atom is -0.496 e. The number of hydrogen-bond acceptors (Lipinski definition) is 6. The molecule has 0 saturated carbocycles. The molecule has 2 atom stereocenters. The number of hydrogen-bond donors (Lipinski definition) is 0. The van der Waals surface area contributed by atoms with Gasteiger partial charge in [0.15, 0.2) is 5.13 Å². The van der Waals surface area contributed by atoms with Crippen molar-refractivity contribution in [3.63, 3.8) is 0 Å². The lowest BCUT2D eigenvalue weighted by molar-refractivity contribution is -0.0586. The topological polar surface area (TPSA) is 54.9 Å². The van der Waals surface area contributed by atoms with Crippen LogP contribution in [0.4, 0.5) is 5.13 Å². The molecule has 0 radical (unpaired) electrons. The second-order valence-corrected chi connectivity index (χ2v) is 8.43. The van der Waals surface area contributed by atoms with Gasteiger partial charge < -0.3 is 19.3 Å². The number of aromatic nitrogens is 1. The second kappa shape index (κ2) is 8.09. The van der Waals surface area contributed by atoms with E-state index in [0.29, 0.717) is 18.7 Å². The van der Waals surface area contributed by atoms with Gasteiger partial charge in [-0.3, -0.25) is 4.79 Å². The van der Waals surface area contributed by atoms with Crippen molar-refractivity contribution in [1.29, 1.82) is 0 Å².